The minimum absolute atomic E-state index is 0.0138. The van der Waals surface area contributed by atoms with Crippen molar-refractivity contribution in [2.75, 3.05) is 20.2 Å². The smallest absolute Gasteiger partial charge is 0.303 e. The molecule has 6 nitrogen and oxygen atoms in total. The third-order valence-corrected chi connectivity index (χ3v) is 7.63. The van der Waals surface area contributed by atoms with Crippen molar-refractivity contribution < 1.29 is 24.1 Å². The van der Waals surface area contributed by atoms with Gasteiger partial charge in [-0.05, 0) is 44.0 Å². The molecule has 39 heavy (non-hydrogen) atoms. The highest BCUT2D eigenvalue weighted by molar-refractivity contribution is 5.66. The van der Waals surface area contributed by atoms with Gasteiger partial charge in [-0.2, -0.15) is 0 Å². The Morgan fingerprint density at radius 2 is 1.38 bits per heavy atom. The molecule has 0 spiro atoms. The monoisotopic (exact) mass is 539 g/mol. The largest absolute Gasteiger partial charge is 0.481 e. The Morgan fingerprint density at radius 1 is 0.795 bits per heavy atom. The number of ether oxygens (including phenoxy) is 3. The van der Waals surface area contributed by atoms with E-state index in [4.69, 9.17) is 19.3 Å². The van der Waals surface area contributed by atoms with Crippen LogP contribution in [0.1, 0.15) is 82.3 Å². The Hall–Kier alpha value is -2.25. The van der Waals surface area contributed by atoms with Crippen molar-refractivity contribution in [3.8, 4) is 0 Å². The molecule has 3 rings (SSSR count). The Balaban J connectivity index is 1.69. The molecular weight excluding hydrogens is 490 g/mol. The summed E-state index contributed by atoms with van der Waals surface area (Å²) in [5, 5.41) is 8.97. The van der Waals surface area contributed by atoms with Crippen molar-refractivity contribution in [1.29, 1.82) is 0 Å². The summed E-state index contributed by atoms with van der Waals surface area (Å²) in [6.07, 6.45) is 9.43. The summed E-state index contributed by atoms with van der Waals surface area (Å²) in [7, 11) is 2.15. The Labute approximate surface area is 235 Å². The van der Waals surface area contributed by atoms with Gasteiger partial charge in [0.25, 0.3) is 0 Å². The van der Waals surface area contributed by atoms with Gasteiger partial charge in [0.2, 0.25) is 0 Å². The second-order valence-electron chi connectivity index (χ2n) is 10.8. The lowest BCUT2D eigenvalue weighted by Gasteiger charge is -2.34. The van der Waals surface area contributed by atoms with Crippen LogP contribution < -0.4 is 0 Å². The van der Waals surface area contributed by atoms with Gasteiger partial charge in [0.05, 0.1) is 31.5 Å². The van der Waals surface area contributed by atoms with E-state index >= 15 is 0 Å². The zero-order valence-electron chi connectivity index (χ0n) is 24.0. The van der Waals surface area contributed by atoms with Crippen molar-refractivity contribution in [2.45, 2.75) is 109 Å². The van der Waals surface area contributed by atoms with Gasteiger partial charge in [-0.1, -0.05) is 99.7 Å². The van der Waals surface area contributed by atoms with Crippen LogP contribution in [-0.2, 0) is 32.2 Å². The highest BCUT2D eigenvalue weighted by atomic mass is 16.6. The van der Waals surface area contributed by atoms with Crippen molar-refractivity contribution in [2.24, 2.45) is 0 Å². The molecule has 1 aliphatic rings. The van der Waals surface area contributed by atoms with Crippen LogP contribution in [0.15, 0.2) is 60.7 Å². The number of rotatable bonds is 20. The molecule has 0 heterocycles. The number of hydrogen-bond acceptors (Lipinski definition) is 5. The van der Waals surface area contributed by atoms with Gasteiger partial charge in [-0.25, -0.2) is 0 Å². The van der Waals surface area contributed by atoms with Gasteiger partial charge in [0, 0.05) is 19.4 Å². The van der Waals surface area contributed by atoms with Crippen molar-refractivity contribution in [3.05, 3.63) is 71.8 Å². The first-order chi connectivity index (χ1) is 19.1. The first kappa shape index (κ1) is 31.3. The summed E-state index contributed by atoms with van der Waals surface area (Å²) >= 11 is 0. The van der Waals surface area contributed by atoms with Crippen molar-refractivity contribution >= 4 is 5.97 Å². The fourth-order valence-corrected chi connectivity index (χ4v) is 5.45. The number of unbranched alkanes of at least 4 members (excludes halogenated alkanes) is 6. The van der Waals surface area contributed by atoms with Gasteiger partial charge in [0.15, 0.2) is 0 Å². The van der Waals surface area contributed by atoms with E-state index in [-0.39, 0.29) is 30.8 Å². The molecule has 2 aromatic carbocycles. The van der Waals surface area contributed by atoms with Crippen LogP contribution in [0.3, 0.4) is 0 Å². The predicted octanol–water partition coefficient (Wildman–Crippen LogP) is 6.86. The molecule has 1 N–H and O–H groups in total. The Bertz CT molecular complexity index is 909. The van der Waals surface area contributed by atoms with Crippen LogP contribution in [0.4, 0.5) is 0 Å². The highest BCUT2D eigenvalue weighted by Crippen LogP contribution is 2.33. The van der Waals surface area contributed by atoms with Crippen LogP contribution in [0.2, 0.25) is 0 Å². The van der Waals surface area contributed by atoms with Crippen molar-refractivity contribution in [3.63, 3.8) is 0 Å². The SMILES string of the molecule is CCCCCCCOC1C(OCc2ccccc2)CC(OCc2ccccc2)C1N(C)CCCCCC(=O)O. The topological polar surface area (TPSA) is 68.2 Å². The molecule has 0 saturated heterocycles. The highest BCUT2D eigenvalue weighted by Gasteiger charge is 2.47. The van der Waals surface area contributed by atoms with Crippen molar-refractivity contribution in [1.82, 2.24) is 4.90 Å². The molecule has 0 radical (unpaired) electrons. The van der Waals surface area contributed by atoms with E-state index in [1.807, 2.05) is 36.4 Å². The molecule has 6 heteroatoms. The minimum atomic E-state index is -0.723. The summed E-state index contributed by atoms with van der Waals surface area (Å²) in [5.41, 5.74) is 2.32. The molecule has 216 valence electrons. The second kappa shape index (κ2) is 18.2. The fourth-order valence-electron chi connectivity index (χ4n) is 5.45. The van der Waals surface area contributed by atoms with Crippen LogP contribution >= 0.6 is 0 Å². The predicted molar refractivity (Wildman–Crippen MR) is 156 cm³/mol. The number of benzene rings is 2. The lowest BCUT2D eigenvalue weighted by atomic mass is 10.1. The molecule has 4 unspecified atom stereocenters. The normalized spacial score (nSPS) is 21.0. The van der Waals surface area contributed by atoms with Crippen LogP contribution in [-0.4, -0.2) is 60.5 Å². The van der Waals surface area contributed by atoms with Crippen LogP contribution in [0, 0.1) is 0 Å². The quantitative estimate of drug-likeness (QED) is 0.185. The molecule has 4 atom stereocenters. The zero-order chi connectivity index (χ0) is 27.7. The molecule has 1 aliphatic carbocycles. The zero-order valence-corrected chi connectivity index (χ0v) is 24.0. The maximum absolute atomic E-state index is 10.9. The standard InChI is InChI=1S/C33H49NO5/c1-3-4-5-6-16-23-37-33-30(39-26-28-19-12-8-13-20-28)24-29(38-25-27-17-10-7-11-18-27)32(33)34(2)22-15-9-14-21-31(35)36/h7-8,10-13,17-20,29-30,32-33H,3-6,9,14-16,21-26H2,1-2H3,(H,35,36). The van der Waals surface area contributed by atoms with Gasteiger partial charge >= 0.3 is 5.97 Å². The fraction of sp³-hybridized carbons (Fsp3) is 0.606. The number of carbonyl (C=O) groups is 1. The number of hydrogen-bond donors (Lipinski definition) is 1. The van der Waals surface area contributed by atoms with Gasteiger partial charge in [-0.15, -0.1) is 0 Å². The number of carboxylic acid groups (broad SMARTS) is 1. The lowest BCUT2D eigenvalue weighted by molar-refractivity contribution is -0.137. The average molecular weight is 540 g/mol. The van der Waals surface area contributed by atoms with E-state index in [9.17, 15) is 4.79 Å². The number of carboxylic acids is 1. The van der Waals surface area contributed by atoms with E-state index < -0.39 is 5.97 Å². The Kier molecular flexibility index (Phi) is 14.6. The van der Waals surface area contributed by atoms with E-state index in [2.05, 4.69) is 43.1 Å². The van der Waals surface area contributed by atoms with E-state index in [1.165, 1.54) is 25.7 Å². The molecular formula is C33H49NO5. The summed E-state index contributed by atoms with van der Waals surface area (Å²) in [4.78, 5) is 13.3. The maximum atomic E-state index is 10.9. The molecule has 0 amide bonds. The Morgan fingerprint density at radius 3 is 2.00 bits per heavy atom. The van der Waals surface area contributed by atoms with Gasteiger partial charge in [0.1, 0.15) is 6.10 Å². The molecule has 1 saturated carbocycles. The van der Waals surface area contributed by atoms with E-state index in [1.54, 1.807) is 0 Å². The summed E-state index contributed by atoms with van der Waals surface area (Å²) < 4.78 is 19.7. The molecule has 0 aromatic heterocycles. The third-order valence-electron chi connectivity index (χ3n) is 7.63. The third kappa shape index (κ3) is 11.4. The van der Waals surface area contributed by atoms with Crippen LogP contribution in [0.25, 0.3) is 0 Å². The minimum Gasteiger partial charge on any atom is -0.481 e. The second-order valence-corrected chi connectivity index (χ2v) is 10.8. The number of aliphatic carboxylic acids is 1. The summed E-state index contributed by atoms with van der Waals surface area (Å²) in [5.74, 6) is -0.723. The summed E-state index contributed by atoms with van der Waals surface area (Å²) in [6.45, 7) is 4.95. The first-order valence-corrected chi connectivity index (χ1v) is 14.9. The van der Waals surface area contributed by atoms with E-state index in [0.29, 0.717) is 19.6 Å². The molecule has 2 aromatic rings. The molecule has 0 aliphatic heterocycles. The van der Waals surface area contributed by atoms with E-state index in [0.717, 1.165) is 50.0 Å². The molecule has 0 bridgehead atoms. The van der Waals surface area contributed by atoms with Gasteiger partial charge < -0.3 is 19.3 Å². The summed E-state index contributed by atoms with van der Waals surface area (Å²) in [6, 6.07) is 20.7. The maximum Gasteiger partial charge on any atom is 0.303 e. The lowest BCUT2D eigenvalue weighted by Crippen LogP contribution is -2.48. The average Bonchev–Trinajstić information content (AvgIpc) is 3.30. The number of likely N-dealkylation sites (N-methyl/N-ethyl adjacent to an activating group) is 1. The molecule has 1 fully saturated rings. The number of nitrogens with zero attached hydrogens (tertiary/aromatic N) is 1. The first-order valence-electron chi connectivity index (χ1n) is 14.9. The van der Waals surface area contributed by atoms with Crippen LogP contribution in [0.5, 0.6) is 0 Å². The van der Waals surface area contributed by atoms with Gasteiger partial charge in [-0.3, -0.25) is 9.69 Å².